The summed E-state index contributed by atoms with van der Waals surface area (Å²) in [6.07, 6.45) is 2.87. The molecule has 0 aliphatic carbocycles. The minimum atomic E-state index is -3.57. The number of sulfonamides is 1. The maximum absolute atomic E-state index is 13.4. The third-order valence-corrected chi connectivity index (χ3v) is 8.48. The number of nitrogens with one attached hydrogen (secondary N) is 1. The Morgan fingerprint density at radius 3 is 2.31 bits per heavy atom. The molecule has 4 aromatic rings. The Morgan fingerprint density at radius 2 is 1.60 bits per heavy atom. The van der Waals surface area contributed by atoms with Crippen molar-refractivity contribution >= 4 is 32.3 Å². The molecule has 1 aliphatic heterocycles. The summed E-state index contributed by atoms with van der Waals surface area (Å²) >= 11 is 0. The lowest BCUT2D eigenvalue weighted by Crippen LogP contribution is -2.35. The van der Waals surface area contributed by atoms with Crippen LogP contribution in [0.2, 0.25) is 0 Å². The number of nitrogens with zero attached hydrogens (tertiary/aromatic N) is 3. The van der Waals surface area contributed by atoms with E-state index in [4.69, 9.17) is 4.74 Å². The van der Waals surface area contributed by atoms with E-state index in [0.29, 0.717) is 29.5 Å². The van der Waals surface area contributed by atoms with Crippen LogP contribution in [0, 0.1) is 6.92 Å². The van der Waals surface area contributed by atoms with E-state index < -0.39 is 10.0 Å². The first-order valence-electron chi connectivity index (χ1n) is 11.7. The van der Waals surface area contributed by atoms with Crippen LogP contribution in [-0.2, 0) is 10.0 Å². The largest absolute Gasteiger partial charge is 0.497 e. The van der Waals surface area contributed by atoms with Crippen molar-refractivity contribution in [3.8, 4) is 17.0 Å². The van der Waals surface area contributed by atoms with E-state index in [1.807, 2.05) is 67.6 Å². The second-order valence-corrected chi connectivity index (χ2v) is 10.6. The van der Waals surface area contributed by atoms with Gasteiger partial charge < -0.3 is 10.1 Å². The lowest BCUT2D eigenvalue weighted by atomic mass is 10.0. The molecular weight excluding hydrogens is 460 g/mol. The van der Waals surface area contributed by atoms with Gasteiger partial charge in [-0.2, -0.15) is 4.31 Å². The Balaban J connectivity index is 1.55. The highest BCUT2D eigenvalue weighted by atomic mass is 32.2. The quantitative estimate of drug-likeness (QED) is 0.384. The van der Waals surface area contributed by atoms with Crippen LogP contribution in [0.15, 0.2) is 71.6 Å². The molecule has 1 fully saturated rings. The van der Waals surface area contributed by atoms with E-state index in [1.165, 1.54) is 0 Å². The number of fused-ring (bicyclic) bond motifs is 1. The van der Waals surface area contributed by atoms with Crippen LogP contribution in [0.3, 0.4) is 0 Å². The first kappa shape index (κ1) is 23.3. The van der Waals surface area contributed by atoms with Gasteiger partial charge in [0.2, 0.25) is 10.0 Å². The zero-order valence-electron chi connectivity index (χ0n) is 19.9. The molecule has 3 aromatic carbocycles. The number of ether oxygens (including phenoxy) is 1. The van der Waals surface area contributed by atoms with Crippen molar-refractivity contribution in [2.45, 2.75) is 31.1 Å². The van der Waals surface area contributed by atoms with Gasteiger partial charge in [0.05, 0.1) is 12.0 Å². The van der Waals surface area contributed by atoms with Crippen molar-refractivity contribution < 1.29 is 13.2 Å². The van der Waals surface area contributed by atoms with Crippen molar-refractivity contribution in [2.24, 2.45) is 0 Å². The van der Waals surface area contributed by atoms with Crippen LogP contribution in [0.25, 0.3) is 22.0 Å². The van der Waals surface area contributed by atoms with Gasteiger partial charge in [-0.1, -0.05) is 42.8 Å². The van der Waals surface area contributed by atoms with Gasteiger partial charge in [-0.25, -0.2) is 8.42 Å². The van der Waals surface area contributed by atoms with Gasteiger partial charge in [0.25, 0.3) is 0 Å². The van der Waals surface area contributed by atoms with Gasteiger partial charge in [0.1, 0.15) is 11.4 Å². The van der Waals surface area contributed by atoms with Crippen LogP contribution in [0.5, 0.6) is 5.75 Å². The highest BCUT2D eigenvalue weighted by molar-refractivity contribution is 7.89. The molecule has 1 aliphatic rings. The molecule has 2 heterocycles. The van der Waals surface area contributed by atoms with Crippen LogP contribution in [-0.4, -0.2) is 43.1 Å². The van der Waals surface area contributed by atoms with Crippen molar-refractivity contribution in [3.05, 3.63) is 72.3 Å². The van der Waals surface area contributed by atoms with Gasteiger partial charge in [-0.15, -0.1) is 10.2 Å². The fraction of sp³-hybridized carbons (Fsp3) is 0.259. The van der Waals surface area contributed by atoms with Crippen LogP contribution >= 0.6 is 0 Å². The second kappa shape index (κ2) is 9.64. The molecule has 0 bridgehead atoms. The topological polar surface area (TPSA) is 84.4 Å². The highest BCUT2D eigenvalue weighted by Gasteiger charge is 2.28. The number of piperidine rings is 1. The van der Waals surface area contributed by atoms with E-state index in [0.717, 1.165) is 52.6 Å². The molecule has 0 spiro atoms. The number of hydrogen-bond donors (Lipinski definition) is 1. The van der Waals surface area contributed by atoms with E-state index >= 15 is 0 Å². The van der Waals surface area contributed by atoms with Crippen molar-refractivity contribution in [1.82, 2.24) is 14.5 Å². The molecule has 0 radical (unpaired) electrons. The van der Waals surface area contributed by atoms with Gasteiger partial charge >= 0.3 is 0 Å². The van der Waals surface area contributed by atoms with Gasteiger partial charge in [-0.05, 0) is 55.7 Å². The zero-order chi connectivity index (χ0) is 24.4. The molecule has 35 heavy (non-hydrogen) atoms. The first-order valence-corrected chi connectivity index (χ1v) is 13.2. The van der Waals surface area contributed by atoms with Gasteiger partial charge in [0.15, 0.2) is 5.82 Å². The van der Waals surface area contributed by atoms with E-state index in [2.05, 4.69) is 15.5 Å². The van der Waals surface area contributed by atoms with E-state index in [9.17, 15) is 8.42 Å². The van der Waals surface area contributed by atoms with E-state index in [-0.39, 0.29) is 0 Å². The summed E-state index contributed by atoms with van der Waals surface area (Å²) in [6, 6.07) is 21.0. The molecule has 0 saturated carbocycles. The lowest BCUT2D eigenvalue weighted by Gasteiger charge is -2.26. The Morgan fingerprint density at radius 1 is 0.886 bits per heavy atom. The summed E-state index contributed by atoms with van der Waals surface area (Å²) in [6.45, 7) is 2.98. The molecule has 0 amide bonds. The number of aryl methyl sites for hydroxylation is 1. The average molecular weight is 489 g/mol. The number of aromatic nitrogens is 2. The molecule has 1 saturated heterocycles. The predicted octanol–water partition coefficient (Wildman–Crippen LogP) is 5.53. The molecular formula is C27H28N4O3S. The highest BCUT2D eigenvalue weighted by Crippen LogP contribution is 2.34. The number of anilines is 2. The average Bonchev–Trinajstić information content (AvgIpc) is 2.90. The molecule has 7 nitrogen and oxygen atoms in total. The molecule has 1 N–H and O–H groups in total. The second-order valence-electron chi connectivity index (χ2n) is 8.74. The molecule has 8 heteroatoms. The third-order valence-electron chi connectivity index (χ3n) is 6.43. The normalized spacial score (nSPS) is 14.7. The fourth-order valence-corrected chi connectivity index (χ4v) is 6.26. The SMILES string of the molecule is COc1ccc(Nc2nnc(-c3ccc(C)c(S(=O)(=O)N4CCCCC4)c3)c3ccccc23)cc1. The summed E-state index contributed by atoms with van der Waals surface area (Å²) in [5.74, 6) is 1.40. The standard InChI is InChI=1S/C27H28N4O3S/c1-19-10-11-20(18-25(19)35(32,33)31-16-6-3-7-17-31)26-23-8-4-5-9-24(23)27(30-29-26)28-21-12-14-22(34-2)15-13-21/h4-5,8-15,18H,3,6-7,16-17H2,1-2H3,(H,28,30). The van der Waals surface area contributed by atoms with Gasteiger partial charge in [0, 0.05) is 35.1 Å². The summed E-state index contributed by atoms with van der Waals surface area (Å²) in [5.41, 5.74) is 2.97. The maximum atomic E-state index is 13.4. The van der Waals surface area contributed by atoms with E-state index in [1.54, 1.807) is 17.5 Å². The Labute approximate surface area is 205 Å². The van der Waals surface area contributed by atoms with Gasteiger partial charge in [-0.3, -0.25) is 0 Å². The number of hydrogen-bond acceptors (Lipinski definition) is 6. The minimum absolute atomic E-state index is 0.336. The zero-order valence-corrected chi connectivity index (χ0v) is 20.7. The molecule has 5 rings (SSSR count). The molecule has 0 atom stereocenters. The lowest BCUT2D eigenvalue weighted by molar-refractivity contribution is 0.346. The number of rotatable bonds is 6. The predicted molar refractivity (Wildman–Crippen MR) is 139 cm³/mol. The number of benzene rings is 3. The summed E-state index contributed by atoms with van der Waals surface area (Å²) in [5, 5.41) is 14.1. The molecule has 0 unspecified atom stereocenters. The monoisotopic (exact) mass is 488 g/mol. The molecule has 180 valence electrons. The van der Waals surface area contributed by atoms with Crippen LogP contribution < -0.4 is 10.1 Å². The first-order chi connectivity index (χ1) is 17.0. The minimum Gasteiger partial charge on any atom is -0.497 e. The Bertz CT molecular complexity index is 1460. The van der Waals surface area contributed by atoms with Crippen LogP contribution in [0.4, 0.5) is 11.5 Å². The van der Waals surface area contributed by atoms with Crippen molar-refractivity contribution in [1.29, 1.82) is 0 Å². The summed E-state index contributed by atoms with van der Waals surface area (Å²) in [7, 11) is -1.94. The third kappa shape index (κ3) is 4.59. The summed E-state index contributed by atoms with van der Waals surface area (Å²) in [4.78, 5) is 0.336. The Hall–Kier alpha value is -3.49. The van der Waals surface area contributed by atoms with Crippen molar-refractivity contribution in [3.63, 3.8) is 0 Å². The maximum Gasteiger partial charge on any atom is 0.243 e. The number of methoxy groups -OCH3 is 1. The smallest absolute Gasteiger partial charge is 0.243 e. The van der Waals surface area contributed by atoms with Crippen LogP contribution in [0.1, 0.15) is 24.8 Å². The summed E-state index contributed by atoms with van der Waals surface area (Å²) < 4.78 is 33.7. The fourth-order valence-electron chi connectivity index (χ4n) is 4.49. The van der Waals surface area contributed by atoms with Crippen molar-refractivity contribution in [2.75, 3.05) is 25.5 Å². The molecule has 1 aromatic heterocycles. The Kier molecular flexibility index (Phi) is 6.40.